The van der Waals surface area contributed by atoms with Crippen molar-refractivity contribution in [1.29, 1.82) is 0 Å². The number of methoxy groups -OCH3 is 1. The fourth-order valence-electron chi connectivity index (χ4n) is 2.59. The van der Waals surface area contributed by atoms with Gasteiger partial charge in [0.2, 0.25) is 0 Å². The average Bonchev–Trinajstić information content (AvgIpc) is 2.84. The maximum absolute atomic E-state index is 12.3. The van der Waals surface area contributed by atoms with E-state index in [1.807, 2.05) is 25.1 Å². The third-order valence-electron chi connectivity index (χ3n) is 3.58. The Morgan fingerprint density at radius 3 is 2.83 bits per heavy atom. The van der Waals surface area contributed by atoms with Gasteiger partial charge in [-0.2, -0.15) is 0 Å². The molecule has 2 aromatic rings. The molecule has 0 aliphatic carbocycles. The number of anilines is 1. The van der Waals surface area contributed by atoms with Crippen LogP contribution in [0, 0.1) is 0 Å². The van der Waals surface area contributed by atoms with Gasteiger partial charge >= 0.3 is 0 Å². The van der Waals surface area contributed by atoms with Gasteiger partial charge < -0.3 is 14.8 Å². The molecule has 5 heteroatoms. The summed E-state index contributed by atoms with van der Waals surface area (Å²) in [6.45, 7) is 2.45. The van der Waals surface area contributed by atoms with Gasteiger partial charge in [-0.3, -0.25) is 4.79 Å². The van der Waals surface area contributed by atoms with Crippen molar-refractivity contribution in [2.24, 2.45) is 0 Å². The van der Waals surface area contributed by atoms with Gasteiger partial charge in [0, 0.05) is 27.4 Å². The van der Waals surface area contributed by atoms with Gasteiger partial charge in [0.05, 0.1) is 13.7 Å². The molecule has 0 saturated heterocycles. The maximum atomic E-state index is 12.3. The van der Waals surface area contributed by atoms with Gasteiger partial charge in [-0.15, -0.1) is 0 Å². The van der Waals surface area contributed by atoms with E-state index in [0.29, 0.717) is 28.7 Å². The number of fused-ring (bicyclic) bond motifs is 1. The minimum atomic E-state index is -0.161. The largest absolute Gasteiger partial charge is 0.492 e. The van der Waals surface area contributed by atoms with Crippen molar-refractivity contribution in [3.8, 4) is 11.5 Å². The highest BCUT2D eigenvalue weighted by Crippen LogP contribution is 2.38. The lowest BCUT2D eigenvalue weighted by Gasteiger charge is -2.12. The van der Waals surface area contributed by atoms with Crippen LogP contribution < -0.4 is 14.8 Å². The van der Waals surface area contributed by atoms with Crippen molar-refractivity contribution < 1.29 is 14.3 Å². The second-order valence-electron chi connectivity index (χ2n) is 5.01. The van der Waals surface area contributed by atoms with Crippen LogP contribution in [0.1, 0.15) is 18.1 Å². The molecule has 23 heavy (non-hydrogen) atoms. The third kappa shape index (κ3) is 2.90. The molecule has 4 nitrogen and oxygen atoms in total. The monoisotopic (exact) mass is 329 g/mol. The summed E-state index contributed by atoms with van der Waals surface area (Å²) in [5.74, 6) is 1.09. The van der Waals surface area contributed by atoms with Crippen molar-refractivity contribution in [2.75, 3.05) is 19.0 Å². The Morgan fingerprint density at radius 1 is 1.26 bits per heavy atom. The molecule has 0 aromatic heterocycles. The molecule has 118 valence electrons. The van der Waals surface area contributed by atoms with Crippen LogP contribution in [0.3, 0.4) is 0 Å². The van der Waals surface area contributed by atoms with E-state index in [4.69, 9.17) is 21.1 Å². The van der Waals surface area contributed by atoms with Crippen molar-refractivity contribution in [1.82, 2.24) is 0 Å². The number of hydrogen-bond donors (Lipinski definition) is 1. The minimum absolute atomic E-state index is 0.161. The van der Waals surface area contributed by atoms with Crippen LogP contribution in [-0.2, 0) is 4.79 Å². The predicted molar refractivity (Wildman–Crippen MR) is 92.1 cm³/mol. The van der Waals surface area contributed by atoms with Crippen LogP contribution in [-0.4, -0.2) is 19.6 Å². The standard InChI is InChI=1S/C18H16ClNO3/c1-3-23-16-6-4-5-11(17(16)22-2)9-14-13-10-12(19)7-8-15(13)20-18(14)21/h4-10H,3H2,1-2H3,(H,20,21). The first-order valence-corrected chi connectivity index (χ1v) is 7.64. The Morgan fingerprint density at radius 2 is 2.09 bits per heavy atom. The summed E-state index contributed by atoms with van der Waals surface area (Å²) < 4.78 is 11.0. The molecule has 1 aliphatic heterocycles. The molecule has 0 fully saturated rings. The highest BCUT2D eigenvalue weighted by Gasteiger charge is 2.25. The molecule has 0 radical (unpaired) electrons. The molecule has 1 heterocycles. The lowest BCUT2D eigenvalue weighted by Crippen LogP contribution is -2.04. The minimum Gasteiger partial charge on any atom is -0.492 e. The predicted octanol–water partition coefficient (Wildman–Crippen LogP) is 4.24. The van der Waals surface area contributed by atoms with Gasteiger partial charge in [0.15, 0.2) is 11.5 Å². The van der Waals surface area contributed by atoms with E-state index in [-0.39, 0.29) is 5.91 Å². The zero-order valence-corrected chi connectivity index (χ0v) is 13.6. The van der Waals surface area contributed by atoms with Crippen molar-refractivity contribution in [2.45, 2.75) is 6.92 Å². The van der Waals surface area contributed by atoms with Crippen LogP contribution in [0.5, 0.6) is 11.5 Å². The molecule has 1 N–H and O–H groups in total. The molecular formula is C18H16ClNO3. The first-order valence-electron chi connectivity index (χ1n) is 7.26. The summed E-state index contributed by atoms with van der Waals surface area (Å²) in [6, 6.07) is 10.9. The fourth-order valence-corrected chi connectivity index (χ4v) is 2.77. The number of amides is 1. The number of benzene rings is 2. The summed E-state index contributed by atoms with van der Waals surface area (Å²) in [7, 11) is 1.58. The maximum Gasteiger partial charge on any atom is 0.256 e. The Hall–Kier alpha value is -2.46. The van der Waals surface area contributed by atoms with Gasteiger partial charge in [0.1, 0.15) is 0 Å². The van der Waals surface area contributed by atoms with E-state index < -0.39 is 0 Å². The van der Waals surface area contributed by atoms with Crippen LogP contribution in [0.25, 0.3) is 11.6 Å². The molecular weight excluding hydrogens is 314 g/mol. The van der Waals surface area contributed by atoms with E-state index in [1.165, 1.54) is 0 Å². The molecule has 0 unspecified atom stereocenters. The number of carbonyl (C=O) groups is 1. The second kappa shape index (κ2) is 6.34. The second-order valence-corrected chi connectivity index (χ2v) is 5.45. The zero-order valence-electron chi connectivity index (χ0n) is 12.9. The van der Waals surface area contributed by atoms with Gasteiger partial charge in [0.25, 0.3) is 5.91 Å². The Balaban J connectivity index is 2.11. The number of hydrogen-bond acceptors (Lipinski definition) is 3. The van der Waals surface area contributed by atoms with E-state index >= 15 is 0 Å². The van der Waals surface area contributed by atoms with Crippen LogP contribution in [0.2, 0.25) is 5.02 Å². The highest BCUT2D eigenvalue weighted by atomic mass is 35.5. The number of ether oxygens (including phenoxy) is 2. The lowest BCUT2D eigenvalue weighted by atomic mass is 10.0. The molecule has 0 saturated carbocycles. The number of para-hydroxylation sites is 1. The average molecular weight is 330 g/mol. The first kappa shape index (κ1) is 15.4. The number of halogens is 1. The molecule has 2 aromatic carbocycles. The summed E-state index contributed by atoms with van der Waals surface area (Å²) in [6.07, 6.45) is 1.79. The van der Waals surface area contributed by atoms with Crippen LogP contribution in [0.4, 0.5) is 5.69 Å². The third-order valence-corrected chi connectivity index (χ3v) is 3.81. The number of nitrogens with one attached hydrogen (secondary N) is 1. The molecule has 0 bridgehead atoms. The Bertz CT molecular complexity index is 799. The van der Waals surface area contributed by atoms with Gasteiger partial charge in [-0.25, -0.2) is 0 Å². The molecule has 3 rings (SSSR count). The number of carbonyl (C=O) groups excluding carboxylic acids is 1. The lowest BCUT2D eigenvalue weighted by molar-refractivity contribution is -0.110. The molecule has 0 atom stereocenters. The van der Waals surface area contributed by atoms with Crippen molar-refractivity contribution in [3.05, 3.63) is 52.5 Å². The topological polar surface area (TPSA) is 47.6 Å². The van der Waals surface area contributed by atoms with E-state index in [0.717, 1.165) is 16.8 Å². The highest BCUT2D eigenvalue weighted by molar-refractivity contribution is 6.36. The summed E-state index contributed by atoms with van der Waals surface area (Å²) >= 11 is 6.05. The SMILES string of the molecule is CCOc1cccc(C=C2C(=O)Nc3ccc(Cl)cc32)c1OC. The Kier molecular flexibility index (Phi) is 4.26. The van der Waals surface area contributed by atoms with E-state index in [2.05, 4.69) is 5.32 Å². The number of rotatable bonds is 4. The fraction of sp³-hybridized carbons (Fsp3) is 0.167. The van der Waals surface area contributed by atoms with Crippen LogP contribution >= 0.6 is 11.6 Å². The molecule has 1 amide bonds. The molecule has 1 aliphatic rings. The van der Waals surface area contributed by atoms with E-state index in [1.54, 1.807) is 31.4 Å². The van der Waals surface area contributed by atoms with Gasteiger partial charge in [-0.05, 0) is 37.3 Å². The Labute approximate surface area is 139 Å². The normalized spacial score (nSPS) is 14.6. The quantitative estimate of drug-likeness (QED) is 0.853. The summed E-state index contributed by atoms with van der Waals surface area (Å²) in [5.41, 5.74) is 2.86. The van der Waals surface area contributed by atoms with Crippen molar-refractivity contribution in [3.63, 3.8) is 0 Å². The molecule has 0 spiro atoms. The summed E-state index contributed by atoms with van der Waals surface area (Å²) in [5, 5.41) is 3.42. The smallest absolute Gasteiger partial charge is 0.256 e. The van der Waals surface area contributed by atoms with Gasteiger partial charge in [-0.1, -0.05) is 23.7 Å². The zero-order chi connectivity index (χ0) is 16.4. The van der Waals surface area contributed by atoms with E-state index in [9.17, 15) is 4.79 Å². The first-order chi connectivity index (χ1) is 11.1. The van der Waals surface area contributed by atoms with Crippen LogP contribution in [0.15, 0.2) is 36.4 Å². The van der Waals surface area contributed by atoms with Crippen molar-refractivity contribution >= 4 is 34.8 Å². The summed E-state index contributed by atoms with van der Waals surface area (Å²) in [4.78, 5) is 12.3.